The van der Waals surface area contributed by atoms with Gasteiger partial charge in [-0.1, -0.05) is 5.21 Å². The minimum Gasteiger partial charge on any atom is -0.250 e. The molecule has 0 radical (unpaired) electrons. The number of nitrogens with zero attached hydrogens (tertiary/aromatic N) is 3. The van der Waals surface area contributed by atoms with Crippen LogP contribution in [0.4, 0.5) is 0 Å². The van der Waals surface area contributed by atoms with Gasteiger partial charge >= 0.3 is 0 Å². The van der Waals surface area contributed by atoms with Gasteiger partial charge in [0.1, 0.15) is 0 Å². The van der Waals surface area contributed by atoms with Crippen molar-refractivity contribution in [3.63, 3.8) is 0 Å². The monoisotopic (exact) mass is 109 g/mol. The van der Waals surface area contributed by atoms with Crippen LogP contribution in [0.5, 0.6) is 0 Å². The van der Waals surface area contributed by atoms with E-state index in [0.717, 1.165) is 0 Å². The normalized spacial score (nSPS) is 19.0. The van der Waals surface area contributed by atoms with Crippen LogP contribution in [0.15, 0.2) is 12.4 Å². The molecule has 8 heavy (non-hydrogen) atoms. The molecule has 0 bridgehead atoms. The summed E-state index contributed by atoms with van der Waals surface area (Å²) in [6, 6.07) is 0.678. The zero-order chi connectivity index (χ0) is 5.40. The van der Waals surface area contributed by atoms with Gasteiger partial charge in [-0.2, -0.15) is 0 Å². The second kappa shape index (κ2) is 1.31. The summed E-state index contributed by atoms with van der Waals surface area (Å²) in [6.45, 7) is 0. The van der Waals surface area contributed by atoms with Crippen LogP contribution in [0.25, 0.3) is 0 Å². The third-order valence-electron chi connectivity index (χ3n) is 1.36. The Labute approximate surface area is 47.3 Å². The van der Waals surface area contributed by atoms with Gasteiger partial charge in [0.05, 0.1) is 12.2 Å². The lowest BCUT2D eigenvalue weighted by Gasteiger charge is -1.88. The zero-order valence-corrected chi connectivity index (χ0v) is 4.49. The Morgan fingerprint density at radius 1 is 1.50 bits per heavy atom. The van der Waals surface area contributed by atoms with Crippen molar-refractivity contribution >= 4 is 0 Å². The Morgan fingerprint density at radius 2 is 2.38 bits per heavy atom. The first-order chi connectivity index (χ1) is 3.97. The second-order valence-electron chi connectivity index (χ2n) is 2.11. The molecule has 1 aromatic heterocycles. The largest absolute Gasteiger partial charge is 0.250 e. The summed E-state index contributed by atoms with van der Waals surface area (Å²) in [5.41, 5.74) is 0. The summed E-state index contributed by atoms with van der Waals surface area (Å²) in [7, 11) is 0. The van der Waals surface area contributed by atoms with Crippen LogP contribution in [-0.4, -0.2) is 15.0 Å². The molecule has 0 unspecified atom stereocenters. The third-order valence-corrected chi connectivity index (χ3v) is 1.36. The number of hydrogen-bond acceptors (Lipinski definition) is 2. The molecule has 0 N–H and O–H groups in total. The molecule has 42 valence electrons. The molecule has 1 aromatic rings. The van der Waals surface area contributed by atoms with Gasteiger partial charge in [-0.15, -0.1) is 5.10 Å². The Balaban J connectivity index is 2.28. The van der Waals surface area contributed by atoms with E-state index in [9.17, 15) is 0 Å². The van der Waals surface area contributed by atoms with E-state index < -0.39 is 0 Å². The standard InChI is InChI=1S/C5H7N3/c1-2-5(1)8-4-3-6-7-8/h3-5H,1-2H2. The molecule has 0 aliphatic heterocycles. The summed E-state index contributed by atoms with van der Waals surface area (Å²) >= 11 is 0. The van der Waals surface area contributed by atoms with E-state index in [1.807, 2.05) is 10.9 Å². The maximum atomic E-state index is 3.84. The quantitative estimate of drug-likeness (QED) is 0.529. The molecule has 0 spiro atoms. The lowest BCUT2D eigenvalue weighted by atomic mass is 10.7. The van der Waals surface area contributed by atoms with Crippen molar-refractivity contribution in [2.24, 2.45) is 0 Å². The van der Waals surface area contributed by atoms with Crippen LogP contribution in [0.1, 0.15) is 18.9 Å². The fourth-order valence-electron chi connectivity index (χ4n) is 0.751. The van der Waals surface area contributed by atoms with Crippen molar-refractivity contribution < 1.29 is 0 Å². The third kappa shape index (κ3) is 0.510. The molecule has 3 heteroatoms. The van der Waals surface area contributed by atoms with Gasteiger partial charge in [0.15, 0.2) is 0 Å². The first-order valence-electron chi connectivity index (χ1n) is 2.82. The Bertz CT molecular complexity index is 164. The molecule has 1 saturated carbocycles. The predicted molar refractivity (Wildman–Crippen MR) is 28.3 cm³/mol. The van der Waals surface area contributed by atoms with E-state index >= 15 is 0 Å². The van der Waals surface area contributed by atoms with E-state index in [0.29, 0.717) is 6.04 Å². The maximum absolute atomic E-state index is 3.84. The van der Waals surface area contributed by atoms with E-state index in [2.05, 4.69) is 10.3 Å². The number of aromatic nitrogens is 3. The lowest BCUT2D eigenvalue weighted by Crippen LogP contribution is -1.92. The average Bonchev–Trinajstić information content (AvgIpc) is 2.49. The van der Waals surface area contributed by atoms with Gasteiger partial charge in [0.2, 0.25) is 0 Å². The van der Waals surface area contributed by atoms with Gasteiger partial charge in [0, 0.05) is 6.20 Å². The van der Waals surface area contributed by atoms with Crippen LogP contribution < -0.4 is 0 Å². The molecule has 0 saturated heterocycles. The fraction of sp³-hybridized carbons (Fsp3) is 0.600. The Kier molecular flexibility index (Phi) is 0.664. The molecular weight excluding hydrogens is 102 g/mol. The van der Waals surface area contributed by atoms with Gasteiger partial charge in [-0.05, 0) is 12.8 Å². The Morgan fingerprint density at radius 3 is 2.88 bits per heavy atom. The summed E-state index contributed by atoms with van der Waals surface area (Å²) in [5.74, 6) is 0. The van der Waals surface area contributed by atoms with Gasteiger partial charge in [-0.25, -0.2) is 4.68 Å². The predicted octanol–water partition coefficient (Wildman–Crippen LogP) is 0.613. The smallest absolute Gasteiger partial charge is 0.0693 e. The van der Waals surface area contributed by atoms with Crippen LogP contribution in [-0.2, 0) is 0 Å². The summed E-state index contributed by atoms with van der Waals surface area (Å²) in [5, 5.41) is 7.54. The van der Waals surface area contributed by atoms with E-state index in [4.69, 9.17) is 0 Å². The molecule has 3 nitrogen and oxygen atoms in total. The van der Waals surface area contributed by atoms with Gasteiger partial charge in [0.25, 0.3) is 0 Å². The fourth-order valence-corrected chi connectivity index (χ4v) is 0.751. The Hall–Kier alpha value is -0.860. The van der Waals surface area contributed by atoms with Crippen molar-refractivity contribution in [2.75, 3.05) is 0 Å². The number of rotatable bonds is 1. The summed E-state index contributed by atoms with van der Waals surface area (Å²) < 4.78 is 1.92. The molecule has 0 amide bonds. The lowest BCUT2D eigenvalue weighted by molar-refractivity contribution is 0.610. The molecule has 1 heterocycles. The van der Waals surface area contributed by atoms with Crippen molar-refractivity contribution in [3.05, 3.63) is 12.4 Å². The van der Waals surface area contributed by atoms with Gasteiger partial charge < -0.3 is 0 Å². The second-order valence-corrected chi connectivity index (χ2v) is 2.11. The zero-order valence-electron chi connectivity index (χ0n) is 4.49. The van der Waals surface area contributed by atoms with Gasteiger partial charge in [-0.3, -0.25) is 0 Å². The first kappa shape index (κ1) is 4.06. The van der Waals surface area contributed by atoms with Crippen molar-refractivity contribution in [1.82, 2.24) is 15.0 Å². The average molecular weight is 109 g/mol. The van der Waals surface area contributed by atoms with Crippen LogP contribution in [0.3, 0.4) is 0 Å². The molecule has 1 aliphatic rings. The minimum absolute atomic E-state index is 0.678. The molecule has 1 aliphatic carbocycles. The minimum atomic E-state index is 0.678. The highest BCUT2D eigenvalue weighted by molar-refractivity contribution is 4.81. The topological polar surface area (TPSA) is 30.7 Å². The molecule has 1 fully saturated rings. The van der Waals surface area contributed by atoms with E-state index in [-0.39, 0.29) is 0 Å². The van der Waals surface area contributed by atoms with Crippen LogP contribution in [0.2, 0.25) is 0 Å². The van der Waals surface area contributed by atoms with Crippen LogP contribution >= 0.6 is 0 Å². The molecule has 2 rings (SSSR count). The molecular formula is C5H7N3. The number of hydrogen-bond donors (Lipinski definition) is 0. The molecule has 0 atom stereocenters. The first-order valence-corrected chi connectivity index (χ1v) is 2.82. The van der Waals surface area contributed by atoms with Crippen molar-refractivity contribution in [1.29, 1.82) is 0 Å². The highest BCUT2D eigenvalue weighted by Crippen LogP contribution is 2.33. The summed E-state index contributed by atoms with van der Waals surface area (Å²) in [6.07, 6.45) is 6.20. The van der Waals surface area contributed by atoms with Crippen molar-refractivity contribution in [3.8, 4) is 0 Å². The van der Waals surface area contributed by atoms with Crippen LogP contribution in [0, 0.1) is 0 Å². The van der Waals surface area contributed by atoms with Crippen molar-refractivity contribution in [2.45, 2.75) is 18.9 Å². The highest BCUT2D eigenvalue weighted by Gasteiger charge is 2.23. The maximum Gasteiger partial charge on any atom is 0.0693 e. The molecule has 0 aromatic carbocycles. The highest BCUT2D eigenvalue weighted by atomic mass is 15.4. The SMILES string of the molecule is c1cn(C2CC2)nn1. The summed E-state index contributed by atoms with van der Waals surface area (Å²) in [4.78, 5) is 0. The van der Waals surface area contributed by atoms with E-state index in [1.165, 1.54) is 12.8 Å². The van der Waals surface area contributed by atoms with E-state index in [1.54, 1.807) is 6.20 Å².